The molecule has 0 heterocycles. The fourth-order valence-electron chi connectivity index (χ4n) is 2.22. The van der Waals surface area contributed by atoms with Gasteiger partial charge in [0.15, 0.2) is 0 Å². The van der Waals surface area contributed by atoms with Gasteiger partial charge >= 0.3 is 0 Å². The third-order valence-electron chi connectivity index (χ3n) is 3.47. The number of aliphatic hydroxyl groups excluding tert-OH is 1. The topological polar surface area (TPSA) is 47.3 Å². The second-order valence-corrected chi connectivity index (χ2v) is 5.19. The van der Waals surface area contributed by atoms with Crippen molar-refractivity contribution in [1.82, 2.24) is 4.90 Å². The van der Waals surface area contributed by atoms with Gasteiger partial charge in [-0.25, -0.2) is 4.39 Å². The van der Waals surface area contributed by atoms with Crippen LogP contribution in [0.25, 0.3) is 0 Å². The lowest BCUT2D eigenvalue weighted by Crippen LogP contribution is -2.27. The molecule has 0 bridgehead atoms. The van der Waals surface area contributed by atoms with Crippen molar-refractivity contribution in [2.75, 3.05) is 13.2 Å². The quantitative estimate of drug-likeness (QED) is 0.817. The Morgan fingerprint density at radius 1 is 1.33 bits per heavy atom. The molecule has 0 aliphatic heterocycles. The molecule has 3 nitrogen and oxygen atoms in total. The van der Waals surface area contributed by atoms with E-state index in [1.807, 2.05) is 0 Å². The van der Waals surface area contributed by atoms with E-state index in [2.05, 4.69) is 22.8 Å². The lowest BCUT2D eigenvalue weighted by atomic mass is 10.1. The molecule has 110 valence electrons. The number of rotatable bonds is 6. The van der Waals surface area contributed by atoms with Crippen LogP contribution in [0.15, 0.2) is 18.2 Å². The lowest BCUT2D eigenvalue weighted by Gasteiger charge is -2.21. The summed E-state index contributed by atoms with van der Waals surface area (Å²) in [4.78, 5) is 2.18. The Kier molecular flexibility index (Phi) is 5.75. The second kappa shape index (κ2) is 7.78. The van der Waals surface area contributed by atoms with Crippen molar-refractivity contribution in [2.24, 2.45) is 0 Å². The minimum Gasteiger partial charge on any atom is -0.395 e. The van der Waals surface area contributed by atoms with E-state index in [1.165, 1.54) is 6.07 Å². The Morgan fingerprint density at radius 3 is 2.76 bits per heavy atom. The first-order valence-electron chi connectivity index (χ1n) is 7.23. The lowest BCUT2D eigenvalue weighted by molar-refractivity contribution is 0.257. The molecule has 1 fully saturated rings. The van der Waals surface area contributed by atoms with Crippen LogP contribution in [0.5, 0.6) is 0 Å². The van der Waals surface area contributed by atoms with Crippen molar-refractivity contribution in [2.45, 2.75) is 38.3 Å². The summed E-state index contributed by atoms with van der Waals surface area (Å²) in [6, 6.07) is 7.65. The van der Waals surface area contributed by atoms with Crippen molar-refractivity contribution in [1.29, 1.82) is 5.26 Å². The number of hydrogen-bond donors (Lipinski definition) is 1. The molecule has 1 aliphatic carbocycles. The van der Waals surface area contributed by atoms with Gasteiger partial charge < -0.3 is 5.11 Å². The van der Waals surface area contributed by atoms with Crippen molar-refractivity contribution < 1.29 is 9.50 Å². The summed E-state index contributed by atoms with van der Waals surface area (Å²) >= 11 is 0. The predicted molar refractivity (Wildman–Crippen MR) is 78.6 cm³/mol. The maximum Gasteiger partial charge on any atom is 0.128 e. The van der Waals surface area contributed by atoms with Crippen molar-refractivity contribution in [3.05, 3.63) is 35.1 Å². The first-order chi connectivity index (χ1) is 10.2. The maximum atomic E-state index is 14.1. The van der Waals surface area contributed by atoms with E-state index >= 15 is 0 Å². The minimum atomic E-state index is -0.256. The van der Waals surface area contributed by atoms with Crippen molar-refractivity contribution >= 4 is 0 Å². The molecule has 0 aromatic heterocycles. The maximum absolute atomic E-state index is 14.1. The van der Waals surface area contributed by atoms with Crippen LogP contribution in [0, 0.1) is 29.0 Å². The highest BCUT2D eigenvalue weighted by Gasteiger charge is 2.28. The summed E-state index contributed by atoms with van der Waals surface area (Å²) in [5, 5.41) is 17.4. The highest BCUT2D eigenvalue weighted by molar-refractivity contribution is 5.37. The molecular weight excluding hydrogens is 267 g/mol. The van der Waals surface area contributed by atoms with Crippen LogP contribution >= 0.6 is 0 Å². The zero-order chi connectivity index (χ0) is 15.1. The first kappa shape index (κ1) is 15.5. The van der Waals surface area contributed by atoms with Crippen molar-refractivity contribution in [3.63, 3.8) is 0 Å². The molecule has 0 radical (unpaired) electrons. The SMILES string of the molecule is N#CCCN(Cc1ccc(C#CCCO)cc1F)C1CC1. The number of nitriles is 1. The third-order valence-corrected chi connectivity index (χ3v) is 3.47. The van der Waals surface area contributed by atoms with Crippen LogP contribution in [0.2, 0.25) is 0 Å². The van der Waals surface area contributed by atoms with E-state index in [1.54, 1.807) is 12.1 Å². The van der Waals surface area contributed by atoms with E-state index in [0.29, 0.717) is 43.1 Å². The molecule has 21 heavy (non-hydrogen) atoms. The van der Waals surface area contributed by atoms with Crippen LogP contribution in [0.4, 0.5) is 4.39 Å². The molecule has 2 rings (SSSR count). The molecule has 1 aliphatic rings. The molecule has 0 atom stereocenters. The number of nitrogens with zero attached hydrogens (tertiary/aromatic N) is 2. The summed E-state index contributed by atoms with van der Waals surface area (Å²) in [5.74, 6) is 5.36. The fraction of sp³-hybridized carbons (Fsp3) is 0.471. The summed E-state index contributed by atoms with van der Waals surface area (Å²) in [6.07, 6.45) is 3.14. The Bertz CT molecular complexity index is 579. The van der Waals surface area contributed by atoms with Gasteiger partial charge in [0.05, 0.1) is 12.7 Å². The fourth-order valence-corrected chi connectivity index (χ4v) is 2.22. The average Bonchev–Trinajstić information content (AvgIpc) is 3.30. The van der Waals surface area contributed by atoms with Gasteiger partial charge in [0.1, 0.15) is 5.82 Å². The largest absolute Gasteiger partial charge is 0.395 e. The molecule has 0 saturated heterocycles. The van der Waals surface area contributed by atoms with Gasteiger partial charge in [0.2, 0.25) is 0 Å². The first-order valence-corrected chi connectivity index (χ1v) is 7.23. The Hall–Kier alpha value is -1.88. The zero-order valence-electron chi connectivity index (χ0n) is 12.0. The van der Waals surface area contributed by atoms with Gasteiger partial charge in [-0.15, -0.1) is 0 Å². The van der Waals surface area contributed by atoms with Gasteiger partial charge in [-0.2, -0.15) is 5.26 Å². The molecule has 4 heteroatoms. The number of benzene rings is 1. The molecule has 1 aromatic carbocycles. The second-order valence-electron chi connectivity index (χ2n) is 5.19. The molecule has 0 amide bonds. The van der Waals surface area contributed by atoms with E-state index in [-0.39, 0.29) is 12.4 Å². The molecule has 1 saturated carbocycles. The Morgan fingerprint density at radius 2 is 2.14 bits per heavy atom. The van der Waals surface area contributed by atoms with Gasteiger partial charge in [-0.3, -0.25) is 4.90 Å². The van der Waals surface area contributed by atoms with E-state index in [4.69, 9.17) is 10.4 Å². The summed E-state index contributed by atoms with van der Waals surface area (Å²) in [5.41, 5.74) is 1.27. The molecular formula is C17H19FN2O. The normalized spacial score (nSPS) is 13.6. The summed E-state index contributed by atoms with van der Waals surface area (Å²) in [6.45, 7) is 1.25. The molecule has 0 unspecified atom stereocenters. The third kappa shape index (κ3) is 4.86. The highest BCUT2D eigenvalue weighted by Crippen LogP contribution is 2.28. The van der Waals surface area contributed by atoms with E-state index in [0.717, 1.165) is 12.8 Å². The van der Waals surface area contributed by atoms with Gasteiger partial charge in [-0.05, 0) is 25.0 Å². The standard InChI is InChI=1S/C17H19FN2O/c18-17-12-14(4-1-2-11-21)5-6-15(17)13-20(10-3-9-19)16-7-8-16/h5-6,12,16,21H,2-3,7-8,10-11,13H2. The predicted octanol–water partition coefficient (Wildman–Crippen LogP) is 2.44. The Labute approximate surface area is 125 Å². The van der Waals surface area contributed by atoms with Gasteiger partial charge in [-0.1, -0.05) is 17.9 Å². The van der Waals surface area contributed by atoms with E-state index in [9.17, 15) is 4.39 Å². The number of aliphatic hydroxyl groups is 1. The van der Waals surface area contributed by atoms with Crippen LogP contribution in [0.3, 0.4) is 0 Å². The van der Waals surface area contributed by atoms with Crippen LogP contribution in [-0.2, 0) is 6.54 Å². The summed E-state index contributed by atoms with van der Waals surface area (Å²) < 4.78 is 14.1. The van der Waals surface area contributed by atoms with Gasteiger partial charge in [0.25, 0.3) is 0 Å². The smallest absolute Gasteiger partial charge is 0.128 e. The zero-order valence-corrected chi connectivity index (χ0v) is 12.0. The Balaban J connectivity index is 2.03. The van der Waals surface area contributed by atoms with Gasteiger partial charge in [0, 0.05) is 43.1 Å². The van der Waals surface area contributed by atoms with Crippen molar-refractivity contribution in [3.8, 4) is 17.9 Å². The molecule has 1 aromatic rings. The highest BCUT2D eigenvalue weighted by atomic mass is 19.1. The van der Waals surface area contributed by atoms with Crippen LogP contribution in [-0.4, -0.2) is 29.2 Å². The number of halogens is 1. The molecule has 1 N–H and O–H groups in total. The number of hydrogen-bond acceptors (Lipinski definition) is 3. The average molecular weight is 286 g/mol. The molecule has 0 spiro atoms. The minimum absolute atomic E-state index is 0.0167. The van der Waals surface area contributed by atoms with Crippen LogP contribution in [0.1, 0.15) is 36.8 Å². The van der Waals surface area contributed by atoms with Crippen LogP contribution < -0.4 is 0 Å². The monoisotopic (exact) mass is 286 g/mol. The summed E-state index contributed by atoms with van der Waals surface area (Å²) in [7, 11) is 0. The van der Waals surface area contributed by atoms with E-state index < -0.39 is 0 Å².